The number of hydrazone groups is 1. The third-order valence-corrected chi connectivity index (χ3v) is 3.38. The average molecular weight is 349 g/mol. The molecule has 23 heavy (non-hydrogen) atoms. The van der Waals surface area contributed by atoms with Crippen molar-refractivity contribution >= 4 is 35.3 Å². The zero-order valence-electron chi connectivity index (χ0n) is 12.1. The largest absolute Gasteiger partial charge is 0.490 e. The van der Waals surface area contributed by atoms with Gasteiger partial charge in [0, 0.05) is 16.1 Å². The molecule has 0 saturated carbocycles. The molecule has 0 saturated heterocycles. The van der Waals surface area contributed by atoms with Gasteiger partial charge in [-0.25, -0.2) is 5.43 Å². The van der Waals surface area contributed by atoms with Crippen molar-refractivity contribution in [2.75, 3.05) is 6.61 Å². The van der Waals surface area contributed by atoms with Gasteiger partial charge in [-0.15, -0.1) is 0 Å². The Morgan fingerprint density at radius 3 is 2.61 bits per heavy atom. The molecule has 2 aromatic carbocycles. The maximum Gasteiger partial charge on any atom is 0.271 e. The summed E-state index contributed by atoms with van der Waals surface area (Å²) >= 11 is 11.8. The number of ether oxygens (including phenoxy) is 1. The maximum absolute atomic E-state index is 12.0. The second kappa shape index (κ2) is 8.36. The van der Waals surface area contributed by atoms with Gasteiger partial charge in [0.2, 0.25) is 0 Å². The first-order chi connectivity index (χ1) is 11.1. The van der Waals surface area contributed by atoms with Gasteiger partial charge in [0.1, 0.15) is 12.4 Å². The highest BCUT2D eigenvalue weighted by molar-refractivity contribution is 6.36. The summed E-state index contributed by atoms with van der Waals surface area (Å²) in [7, 11) is 0. The lowest BCUT2D eigenvalue weighted by atomic mass is 10.2. The van der Waals surface area contributed by atoms with Crippen molar-refractivity contribution in [3.63, 3.8) is 0 Å². The van der Waals surface area contributed by atoms with Crippen LogP contribution in [0.4, 0.5) is 0 Å². The Labute approximate surface area is 144 Å². The molecular weight excluding hydrogens is 335 g/mol. The molecule has 0 atom stereocenters. The van der Waals surface area contributed by atoms with Crippen LogP contribution in [0.15, 0.2) is 60.2 Å². The first-order valence-corrected chi connectivity index (χ1v) is 7.48. The summed E-state index contributed by atoms with van der Waals surface area (Å²) in [6.45, 7) is 3.98. The molecule has 6 heteroatoms. The SMILES string of the molecule is C=CCOc1ccc(C(=O)N/N=C/c2ccc(Cl)cc2Cl)cc1. The molecule has 0 heterocycles. The van der Waals surface area contributed by atoms with Gasteiger partial charge in [-0.1, -0.05) is 41.9 Å². The number of carbonyl (C=O) groups excluding carboxylic acids is 1. The van der Waals surface area contributed by atoms with Crippen molar-refractivity contribution in [2.45, 2.75) is 0 Å². The highest BCUT2D eigenvalue weighted by atomic mass is 35.5. The normalized spacial score (nSPS) is 10.5. The number of hydrogen-bond acceptors (Lipinski definition) is 3. The summed E-state index contributed by atoms with van der Waals surface area (Å²) in [5, 5.41) is 4.88. The van der Waals surface area contributed by atoms with Crippen LogP contribution in [-0.2, 0) is 0 Å². The molecule has 0 unspecified atom stereocenters. The quantitative estimate of drug-likeness (QED) is 0.480. The molecule has 2 rings (SSSR count). The van der Waals surface area contributed by atoms with E-state index < -0.39 is 0 Å². The van der Waals surface area contributed by atoms with E-state index in [0.29, 0.717) is 33.5 Å². The van der Waals surface area contributed by atoms with Crippen LogP contribution in [0.25, 0.3) is 0 Å². The van der Waals surface area contributed by atoms with Crippen LogP contribution in [0.3, 0.4) is 0 Å². The lowest BCUT2D eigenvalue weighted by Gasteiger charge is -2.04. The van der Waals surface area contributed by atoms with Crippen LogP contribution in [0.1, 0.15) is 15.9 Å². The Hall–Kier alpha value is -2.30. The third kappa shape index (κ3) is 5.13. The van der Waals surface area contributed by atoms with E-state index >= 15 is 0 Å². The molecule has 0 aliphatic carbocycles. The Morgan fingerprint density at radius 2 is 1.96 bits per heavy atom. The van der Waals surface area contributed by atoms with Gasteiger partial charge in [-0.05, 0) is 36.4 Å². The van der Waals surface area contributed by atoms with E-state index in [9.17, 15) is 4.79 Å². The van der Waals surface area contributed by atoms with E-state index in [-0.39, 0.29) is 5.91 Å². The number of halogens is 2. The van der Waals surface area contributed by atoms with Gasteiger partial charge in [-0.3, -0.25) is 4.79 Å². The molecule has 4 nitrogen and oxygen atoms in total. The van der Waals surface area contributed by atoms with Gasteiger partial charge < -0.3 is 4.74 Å². The summed E-state index contributed by atoms with van der Waals surface area (Å²) in [5.74, 6) is 0.333. The predicted octanol–water partition coefficient (Wildman–Crippen LogP) is 4.32. The monoisotopic (exact) mass is 348 g/mol. The molecule has 0 aliphatic rings. The molecule has 2 aromatic rings. The smallest absolute Gasteiger partial charge is 0.271 e. The van der Waals surface area contributed by atoms with Gasteiger partial charge in [0.05, 0.1) is 11.2 Å². The van der Waals surface area contributed by atoms with Crippen LogP contribution < -0.4 is 10.2 Å². The fraction of sp³-hybridized carbons (Fsp3) is 0.0588. The minimum Gasteiger partial charge on any atom is -0.490 e. The average Bonchev–Trinajstić information content (AvgIpc) is 2.55. The van der Waals surface area contributed by atoms with Crippen molar-refractivity contribution in [2.24, 2.45) is 5.10 Å². The molecule has 0 bridgehead atoms. The van der Waals surface area contributed by atoms with E-state index in [1.54, 1.807) is 48.5 Å². The molecule has 0 spiro atoms. The third-order valence-electron chi connectivity index (χ3n) is 2.82. The van der Waals surface area contributed by atoms with Gasteiger partial charge in [-0.2, -0.15) is 5.10 Å². The van der Waals surface area contributed by atoms with Crippen molar-refractivity contribution < 1.29 is 9.53 Å². The van der Waals surface area contributed by atoms with E-state index in [1.807, 2.05) is 0 Å². The predicted molar refractivity (Wildman–Crippen MR) is 93.7 cm³/mol. The van der Waals surface area contributed by atoms with Gasteiger partial charge in [0.25, 0.3) is 5.91 Å². The van der Waals surface area contributed by atoms with E-state index in [4.69, 9.17) is 27.9 Å². The number of benzene rings is 2. The van der Waals surface area contributed by atoms with Crippen molar-refractivity contribution in [1.29, 1.82) is 0 Å². The van der Waals surface area contributed by atoms with E-state index in [1.165, 1.54) is 6.21 Å². The number of carbonyl (C=O) groups is 1. The first-order valence-electron chi connectivity index (χ1n) is 6.72. The Balaban J connectivity index is 1.96. The summed E-state index contributed by atoms with van der Waals surface area (Å²) in [6.07, 6.45) is 3.11. The molecule has 118 valence electrons. The fourth-order valence-electron chi connectivity index (χ4n) is 1.69. The summed E-state index contributed by atoms with van der Waals surface area (Å²) < 4.78 is 5.35. The molecule has 1 N–H and O–H groups in total. The summed E-state index contributed by atoms with van der Waals surface area (Å²) in [4.78, 5) is 12.0. The summed E-state index contributed by atoms with van der Waals surface area (Å²) in [6, 6.07) is 11.7. The van der Waals surface area contributed by atoms with Crippen molar-refractivity contribution in [1.82, 2.24) is 5.43 Å². The maximum atomic E-state index is 12.0. The van der Waals surface area contributed by atoms with Gasteiger partial charge in [0.15, 0.2) is 0 Å². The highest BCUT2D eigenvalue weighted by Gasteiger charge is 2.04. The first kappa shape index (κ1) is 17.1. The minimum absolute atomic E-state index is 0.332. The molecule has 0 aliphatic heterocycles. The molecular formula is C17H14Cl2N2O2. The number of nitrogens with zero attached hydrogens (tertiary/aromatic N) is 1. The Kier molecular flexibility index (Phi) is 6.20. The standard InChI is InChI=1S/C17H14Cl2N2O2/c1-2-9-23-15-7-4-12(5-8-15)17(22)21-20-11-13-3-6-14(18)10-16(13)19/h2-8,10-11H,1,9H2,(H,21,22)/b20-11+. The van der Waals surface area contributed by atoms with Crippen LogP contribution in [-0.4, -0.2) is 18.7 Å². The summed E-state index contributed by atoms with van der Waals surface area (Å²) in [5.41, 5.74) is 3.56. The molecule has 0 radical (unpaired) electrons. The second-order valence-electron chi connectivity index (χ2n) is 4.49. The zero-order chi connectivity index (χ0) is 16.7. The molecule has 0 fully saturated rings. The van der Waals surface area contributed by atoms with Gasteiger partial charge >= 0.3 is 0 Å². The van der Waals surface area contributed by atoms with Crippen molar-refractivity contribution in [3.05, 3.63) is 76.3 Å². The van der Waals surface area contributed by atoms with E-state index in [2.05, 4.69) is 17.1 Å². The highest BCUT2D eigenvalue weighted by Crippen LogP contribution is 2.19. The number of hydrogen-bond donors (Lipinski definition) is 1. The number of rotatable bonds is 6. The number of nitrogens with one attached hydrogen (secondary N) is 1. The Morgan fingerprint density at radius 1 is 1.22 bits per heavy atom. The van der Waals surface area contributed by atoms with Crippen LogP contribution in [0.5, 0.6) is 5.75 Å². The molecule has 1 amide bonds. The van der Waals surface area contributed by atoms with Crippen LogP contribution in [0, 0.1) is 0 Å². The zero-order valence-corrected chi connectivity index (χ0v) is 13.6. The Bertz CT molecular complexity index is 728. The number of amides is 1. The second-order valence-corrected chi connectivity index (χ2v) is 5.33. The van der Waals surface area contributed by atoms with E-state index in [0.717, 1.165) is 0 Å². The van der Waals surface area contributed by atoms with Crippen LogP contribution in [0.2, 0.25) is 10.0 Å². The van der Waals surface area contributed by atoms with Crippen LogP contribution >= 0.6 is 23.2 Å². The minimum atomic E-state index is -0.332. The lowest BCUT2D eigenvalue weighted by Crippen LogP contribution is -2.17. The molecule has 0 aromatic heterocycles. The topological polar surface area (TPSA) is 50.7 Å². The fourth-order valence-corrected chi connectivity index (χ4v) is 2.15. The lowest BCUT2D eigenvalue weighted by molar-refractivity contribution is 0.0955. The van der Waals surface area contributed by atoms with Crippen molar-refractivity contribution in [3.8, 4) is 5.75 Å².